The highest BCUT2D eigenvalue weighted by atomic mass is 32.1. The molecule has 3 rings (SSSR count). The van der Waals surface area contributed by atoms with Crippen LogP contribution >= 0.6 is 11.3 Å². The molecule has 3 aromatic heterocycles. The maximum Gasteiger partial charge on any atom is 0.224 e. The molecule has 0 radical (unpaired) electrons. The summed E-state index contributed by atoms with van der Waals surface area (Å²) >= 11 is 1.59. The number of rotatable bonds is 5. The Morgan fingerprint density at radius 1 is 1.29 bits per heavy atom. The topological polar surface area (TPSA) is 55.1 Å². The molecule has 3 aromatic rings. The van der Waals surface area contributed by atoms with Gasteiger partial charge < -0.3 is 9.73 Å². The van der Waals surface area contributed by atoms with E-state index in [2.05, 4.69) is 10.3 Å². The Morgan fingerprint density at radius 3 is 3.00 bits per heavy atom. The fourth-order valence-corrected chi connectivity index (χ4v) is 2.72. The van der Waals surface area contributed by atoms with Crippen LogP contribution < -0.4 is 5.32 Å². The van der Waals surface area contributed by atoms with Gasteiger partial charge in [-0.2, -0.15) is 11.3 Å². The number of hydrogen-bond acceptors (Lipinski definition) is 4. The third-order valence-corrected chi connectivity index (χ3v) is 3.80. The van der Waals surface area contributed by atoms with E-state index in [4.69, 9.17) is 4.42 Å². The zero-order valence-corrected chi connectivity index (χ0v) is 12.1. The first kappa shape index (κ1) is 13.6. The molecular weight excluding hydrogens is 284 g/mol. The second kappa shape index (κ2) is 6.37. The molecule has 0 atom stereocenters. The van der Waals surface area contributed by atoms with Crippen LogP contribution in [-0.2, 0) is 17.8 Å². The van der Waals surface area contributed by atoms with E-state index >= 15 is 0 Å². The number of furan rings is 1. The summed E-state index contributed by atoms with van der Waals surface area (Å²) in [5.41, 5.74) is 2.74. The minimum absolute atomic E-state index is 0.00245. The van der Waals surface area contributed by atoms with Crippen LogP contribution in [-0.4, -0.2) is 10.9 Å². The van der Waals surface area contributed by atoms with Gasteiger partial charge in [-0.15, -0.1) is 0 Å². The number of thiophene rings is 1. The molecule has 0 unspecified atom stereocenters. The van der Waals surface area contributed by atoms with Crippen LogP contribution in [0.15, 0.2) is 58.0 Å². The quantitative estimate of drug-likeness (QED) is 0.786. The van der Waals surface area contributed by atoms with Gasteiger partial charge >= 0.3 is 0 Å². The molecule has 0 aliphatic heterocycles. The summed E-state index contributed by atoms with van der Waals surface area (Å²) in [7, 11) is 0. The first-order valence-corrected chi connectivity index (χ1v) is 7.53. The van der Waals surface area contributed by atoms with Gasteiger partial charge in [0.05, 0.1) is 12.7 Å². The molecule has 1 amide bonds. The number of carbonyl (C=O) groups is 1. The maximum absolute atomic E-state index is 11.9. The SMILES string of the molecule is O=C(Cc1ccsc1)NCc1cccnc1-c1ccco1. The van der Waals surface area contributed by atoms with Gasteiger partial charge in [0.15, 0.2) is 5.76 Å². The lowest BCUT2D eigenvalue weighted by molar-refractivity contribution is -0.120. The average molecular weight is 298 g/mol. The molecule has 0 saturated carbocycles. The molecule has 0 fully saturated rings. The molecule has 0 aromatic carbocycles. The van der Waals surface area contributed by atoms with E-state index in [9.17, 15) is 4.79 Å². The molecule has 0 saturated heterocycles. The van der Waals surface area contributed by atoms with E-state index in [0.717, 1.165) is 16.8 Å². The van der Waals surface area contributed by atoms with Gasteiger partial charge in [0.2, 0.25) is 5.91 Å². The van der Waals surface area contributed by atoms with Gasteiger partial charge in [0.1, 0.15) is 5.69 Å². The number of pyridine rings is 1. The molecule has 0 spiro atoms. The highest BCUT2D eigenvalue weighted by Crippen LogP contribution is 2.21. The van der Waals surface area contributed by atoms with Crippen LogP contribution in [0.25, 0.3) is 11.5 Å². The van der Waals surface area contributed by atoms with Crippen molar-refractivity contribution in [2.75, 3.05) is 0 Å². The Balaban J connectivity index is 1.67. The Kier molecular flexibility index (Phi) is 4.12. The van der Waals surface area contributed by atoms with E-state index in [-0.39, 0.29) is 5.91 Å². The Hall–Kier alpha value is -2.40. The zero-order valence-electron chi connectivity index (χ0n) is 11.3. The Bertz CT molecular complexity index is 706. The lowest BCUT2D eigenvalue weighted by atomic mass is 10.1. The van der Waals surface area contributed by atoms with Crippen LogP contribution in [0.1, 0.15) is 11.1 Å². The maximum atomic E-state index is 11.9. The highest BCUT2D eigenvalue weighted by Gasteiger charge is 2.10. The smallest absolute Gasteiger partial charge is 0.224 e. The van der Waals surface area contributed by atoms with Crippen molar-refractivity contribution in [3.05, 3.63) is 64.7 Å². The molecule has 0 aliphatic carbocycles. The average Bonchev–Trinajstić information content (AvgIpc) is 3.18. The van der Waals surface area contributed by atoms with Crippen LogP contribution in [0.2, 0.25) is 0 Å². The van der Waals surface area contributed by atoms with Crippen molar-refractivity contribution in [2.45, 2.75) is 13.0 Å². The van der Waals surface area contributed by atoms with Crippen molar-refractivity contribution in [3.63, 3.8) is 0 Å². The summed E-state index contributed by atoms with van der Waals surface area (Å²) < 4.78 is 5.38. The molecule has 0 bridgehead atoms. The first-order valence-electron chi connectivity index (χ1n) is 6.58. The van der Waals surface area contributed by atoms with E-state index in [1.165, 1.54) is 0 Å². The predicted molar refractivity (Wildman–Crippen MR) is 81.8 cm³/mol. The molecule has 0 aliphatic rings. The Labute approximate surface area is 126 Å². The molecule has 4 nitrogen and oxygen atoms in total. The fraction of sp³-hybridized carbons (Fsp3) is 0.125. The molecule has 1 N–H and O–H groups in total. The summed E-state index contributed by atoms with van der Waals surface area (Å²) in [4.78, 5) is 16.3. The number of aromatic nitrogens is 1. The number of nitrogens with zero attached hydrogens (tertiary/aromatic N) is 1. The lowest BCUT2D eigenvalue weighted by Crippen LogP contribution is -2.24. The van der Waals surface area contributed by atoms with E-state index < -0.39 is 0 Å². The van der Waals surface area contributed by atoms with E-state index in [0.29, 0.717) is 18.7 Å². The number of amides is 1. The van der Waals surface area contributed by atoms with Gasteiger partial charge in [0.25, 0.3) is 0 Å². The first-order chi connectivity index (χ1) is 10.3. The molecular formula is C16H14N2O2S. The number of nitrogens with one attached hydrogen (secondary N) is 1. The predicted octanol–water partition coefficient (Wildman–Crippen LogP) is 3.26. The van der Waals surface area contributed by atoms with Crippen LogP contribution in [0.3, 0.4) is 0 Å². The van der Waals surface area contributed by atoms with Crippen molar-refractivity contribution in [2.24, 2.45) is 0 Å². The molecule has 5 heteroatoms. The third-order valence-electron chi connectivity index (χ3n) is 3.07. The normalized spacial score (nSPS) is 10.5. The standard InChI is InChI=1S/C16H14N2O2S/c19-15(9-12-5-8-21-11-12)18-10-13-3-1-6-17-16(13)14-4-2-7-20-14/h1-8,11H,9-10H2,(H,18,19). The minimum atomic E-state index is 0.00245. The van der Waals surface area contributed by atoms with Crippen molar-refractivity contribution >= 4 is 17.2 Å². The summed E-state index contributed by atoms with van der Waals surface area (Å²) in [5.74, 6) is 0.709. The number of hydrogen-bond donors (Lipinski definition) is 1. The summed E-state index contributed by atoms with van der Waals surface area (Å²) in [6.45, 7) is 0.437. The summed E-state index contributed by atoms with van der Waals surface area (Å²) in [6.07, 6.45) is 3.73. The third kappa shape index (κ3) is 3.38. The summed E-state index contributed by atoms with van der Waals surface area (Å²) in [5, 5.41) is 6.88. The minimum Gasteiger partial charge on any atom is -0.463 e. The summed E-state index contributed by atoms with van der Waals surface area (Å²) in [6, 6.07) is 9.44. The van der Waals surface area contributed by atoms with Crippen LogP contribution in [0.4, 0.5) is 0 Å². The molecule has 3 heterocycles. The number of carbonyl (C=O) groups excluding carboxylic acids is 1. The van der Waals surface area contributed by atoms with Gasteiger partial charge in [-0.05, 0) is 40.6 Å². The van der Waals surface area contributed by atoms with Gasteiger partial charge in [-0.1, -0.05) is 6.07 Å². The van der Waals surface area contributed by atoms with Crippen molar-refractivity contribution in [1.82, 2.24) is 10.3 Å². The van der Waals surface area contributed by atoms with Gasteiger partial charge in [-0.25, -0.2) is 0 Å². The second-order valence-electron chi connectivity index (χ2n) is 4.57. The van der Waals surface area contributed by atoms with Crippen molar-refractivity contribution in [1.29, 1.82) is 0 Å². The van der Waals surface area contributed by atoms with Gasteiger partial charge in [0, 0.05) is 18.3 Å². The molecule has 106 valence electrons. The van der Waals surface area contributed by atoms with Crippen LogP contribution in [0.5, 0.6) is 0 Å². The molecule has 21 heavy (non-hydrogen) atoms. The van der Waals surface area contributed by atoms with E-state index in [1.807, 2.05) is 41.1 Å². The van der Waals surface area contributed by atoms with E-state index in [1.54, 1.807) is 23.8 Å². The fourth-order valence-electron chi connectivity index (χ4n) is 2.05. The van der Waals surface area contributed by atoms with Crippen molar-refractivity contribution in [3.8, 4) is 11.5 Å². The van der Waals surface area contributed by atoms with Crippen molar-refractivity contribution < 1.29 is 9.21 Å². The monoisotopic (exact) mass is 298 g/mol. The largest absolute Gasteiger partial charge is 0.463 e. The van der Waals surface area contributed by atoms with Crippen LogP contribution in [0, 0.1) is 0 Å². The zero-order chi connectivity index (χ0) is 14.5. The Morgan fingerprint density at radius 2 is 2.24 bits per heavy atom. The lowest BCUT2D eigenvalue weighted by Gasteiger charge is -2.08. The highest BCUT2D eigenvalue weighted by molar-refractivity contribution is 7.07. The van der Waals surface area contributed by atoms with Gasteiger partial charge in [-0.3, -0.25) is 9.78 Å². The second-order valence-corrected chi connectivity index (χ2v) is 5.35.